The topological polar surface area (TPSA) is 17.1 Å². The van der Waals surface area contributed by atoms with Crippen LogP contribution in [0.3, 0.4) is 0 Å². The molecule has 1 aliphatic rings. The first kappa shape index (κ1) is 12.2. The van der Waals surface area contributed by atoms with Crippen molar-refractivity contribution in [2.24, 2.45) is 0 Å². The molecule has 1 nitrogen and oxygen atoms in total. The average molecular weight is 250 g/mol. The largest absolute Gasteiger partial charge is 0.289 e. The fourth-order valence-corrected chi connectivity index (χ4v) is 2.69. The number of hydrogen-bond acceptors (Lipinski definition) is 1. The lowest BCUT2D eigenvalue weighted by Crippen LogP contribution is -2.35. The molecule has 0 spiro atoms. The van der Waals surface area contributed by atoms with Gasteiger partial charge in [0.05, 0.1) is 0 Å². The molecule has 96 valence electrons. The molecule has 2 aromatic rings. The van der Waals surface area contributed by atoms with E-state index in [0.29, 0.717) is 0 Å². The van der Waals surface area contributed by atoms with Gasteiger partial charge in [-0.1, -0.05) is 42.8 Å². The number of benzene rings is 1. The summed E-state index contributed by atoms with van der Waals surface area (Å²) in [5, 5.41) is 4.00. The number of hydrogen-bond donors (Lipinski definition) is 0. The Balaban J connectivity index is 2.46. The van der Waals surface area contributed by atoms with Crippen LogP contribution in [0.2, 0.25) is 0 Å². The first-order valence-electron chi connectivity index (χ1n) is 7.08. The van der Waals surface area contributed by atoms with Gasteiger partial charge in [-0.05, 0) is 48.6 Å². The van der Waals surface area contributed by atoms with Crippen molar-refractivity contribution >= 4 is 22.9 Å². The van der Waals surface area contributed by atoms with E-state index in [-0.39, 0.29) is 5.43 Å². The Morgan fingerprint density at radius 1 is 0.737 bits per heavy atom. The maximum Gasteiger partial charge on any atom is 0.192 e. The highest BCUT2D eigenvalue weighted by Gasteiger charge is 1.98. The van der Waals surface area contributed by atoms with Crippen LogP contribution in [0.15, 0.2) is 41.2 Å². The van der Waals surface area contributed by atoms with Crippen molar-refractivity contribution in [2.45, 2.75) is 32.1 Å². The fourth-order valence-electron chi connectivity index (χ4n) is 2.69. The van der Waals surface area contributed by atoms with Crippen molar-refractivity contribution in [1.82, 2.24) is 0 Å². The van der Waals surface area contributed by atoms with E-state index in [2.05, 4.69) is 24.3 Å². The van der Waals surface area contributed by atoms with Gasteiger partial charge in [0.1, 0.15) is 0 Å². The monoisotopic (exact) mass is 250 g/mol. The van der Waals surface area contributed by atoms with Gasteiger partial charge in [-0.25, -0.2) is 0 Å². The Morgan fingerprint density at radius 2 is 1.26 bits per heavy atom. The molecule has 0 saturated heterocycles. The van der Waals surface area contributed by atoms with Crippen LogP contribution in [-0.4, -0.2) is 0 Å². The lowest BCUT2D eigenvalue weighted by atomic mass is 10.1. The lowest BCUT2D eigenvalue weighted by Gasteiger charge is -1.96. The SMILES string of the molecule is O=c1/c2cc3ccccc3c/c1=C/CCCCC/C=2. The number of fused-ring (bicyclic) bond motifs is 3. The lowest BCUT2D eigenvalue weighted by molar-refractivity contribution is 0.713. The molecule has 0 fully saturated rings. The first-order valence-corrected chi connectivity index (χ1v) is 7.08. The van der Waals surface area contributed by atoms with Gasteiger partial charge < -0.3 is 0 Å². The van der Waals surface area contributed by atoms with Gasteiger partial charge in [0.25, 0.3) is 0 Å². The molecule has 1 aliphatic carbocycles. The maximum absolute atomic E-state index is 12.5. The first-order chi connectivity index (χ1) is 9.34. The van der Waals surface area contributed by atoms with Crippen LogP contribution in [0.25, 0.3) is 22.9 Å². The predicted octanol–water partition coefficient (Wildman–Crippen LogP) is 2.73. The minimum absolute atomic E-state index is 0.179. The van der Waals surface area contributed by atoms with Gasteiger partial charge in [0, 0.05) is 10.4 Å². The average Bonchev–Trinajstić information content (AvgIpc) is 2.55. The normalized spacial score (nSPS) is 18.9. The van der Waals surface area contributed by atoms with Crippen LogP contribution in [0.1, 0.15) is 32.1 Å². The minimum Gasteiger partial charge on any atom is -0.289 e. The molecule has 0 atom stereocenters. The highest BCUT2D eigenvalue weighted by molar-refractivity contribution is 5.81. The molecule has 0 saturated carbocycles. The van der Waals surface area contributed by atoms with Crippen LogP contribution in [0.5, 0.6) is 0 Å². The van der Waals surface area contributed by atoms with Crippen molar-refractivity contribution in [3.05, 3.63) is 57.1 Å². The van der Waals surface area contributed by atoms with E-state index in [1.54, 1.807) is 0 Å². The molecule has 0 N–H and O–H groups in total. The van der Waals surface area contributed by atoms with E-state index in [9.17, 15) is 4.79 Å². The Bertz CT molecular complexity index is 708. The van der Waals surface area contributed by atoms with Crippen LogP contribution < -0.4 is 15.9 Å². The molecule has 0 aromatic heterocycles. The zero-order valence-corrected chi connectivity index (χ0v) is 11.1. The van der Waals surface area contributed by atoms with E-state index < -0.39 is 0 Å². The quantitative estimate of drug-likeness (QED) is 0.702. The predicted molar refractivity (Wildman–Crippen MR) is 81.5 cm³/mol. The van der Waals surface area contributed by atoms with Crippen LogP contribution in [-0.2, 0) is 0 Å². The van der Waals surface area contributed by atoms with E-state index in [1.165, 1.54) is 19.3 Å². The Morgan fingerprint density at radius 3 is 1.79 bits per heavy atom. The minimum atomic E-state index is 0.179. The summed E-state index contributed by atoms with van der Waals surface area (Å²) in [6.07, 6.45) is 9.84. The summed E-state index contributed by atoms with van der Waals surface area (Å²) >= 11 is 0. The smallest absolute Gasteiger partial charge is 0.192 e. The third-order valence-electron chi connectivity index (χ3n) is 3.78. The molecular weight excluding hydrogens is 232 g/mol. The summed E-state index contributed by atoms with van der Waals surface area (Å²) in [5.41, 5.74) is 0.179. The van der Waals surface area contributed by atoms with E-state index in [1.807, 2.05) is 24.3 Å². The maximum atomic E-state index is 12.5. The zero-order valence-electron chi connectivity index (χ0n) is 11.1. The molecule has 19 heavy (non-hydrogen) atoms. The standard InChI is InChI=1S/C18H18O/c19-18-16-10-4-2-1-3-5-11-17(18)13-15-9-7-6-8-14(15)12-16/h6-13H,1-5H2/b16-10-,17-11-. The van der Waals surface area contributed by atoms with E-state index >= 15 is 0 Å². The third-order valence-corrected chi connectivity index (χ3v) is 3.78. The second-order valence-corrected chi connectivity index (χ2v) is 5.20. The Labute approximate surface area is 112 Å². The van der Waals surface area contributed by atoms with Crippen molar-refractivity contribution < 1.29 is 0 Å². The molecule has 1 heteroatoms. The van der Waals surface area contributed by atoms with Gasteiger partial charge >= 0.3 is 0 Å². The highest BCUT2D eigenvalue weighted by atomic mass is 16.1. The van der Waals surface area contributed by atoms with Crippen LogP contribution in [0, 0.1) is 0 Å². The molecule has 0 radical (unpaired) electrons. The zero-order chi connectivity index (χ0) is 13.1. The molecular formula is C18H18O. The Hall–Kier alpha value is -1.89. The van der Waals surface area contributed by atoms with Crippen molar-refractivity contribution in [2.75, 3.05) is 0 Å². The van der Waals surface area contributed by atoms with Gasteiger partial charge in [-0.15, -0.1) is 0 Å². The second kappa shape index (κ2) is 5.40. The fraction of sp³-hybridized carbons (Fsp3) is 0.278. The van der Waals surface area contributed by atoms with Gasteiger partial charge in [-0.2, -0.15) is 0 Å². The van der Waals surface area contributed by atoms with Gasteiger partial charge in [0.2, 0.25) is 0 Å². The molecule has 0 amide bonds. The molecule has 3 rings (SSSR count). The van der Waals surface area contributed by atoms with Crippen molar-refractivity contribution in [3.8, 4) is 0 Å². The Kier molecular flexibility index (Phi) is 3.45. The molecule has 0 heterocycles. The second-order valence-electron chi connectivity index (χ2n) is 5.20. The van der Waals surface area contributed by atoms with Crippen LogP contribution >= 0.6 is 0 Å². The van der Waals surface area contributed by atoms with E-state index in [4.69, 9.17) is 0 Å². The summed E-state index contributed by atoms with van der Waals surface area (Å²) < 4.78 is 0. The van der Waals surface area contributed by atoms with Gasteiger partial charge in [0.15, 0.2) is 5.43 Å². The number of rotatable bonds is 0. The third kappa shape index (κ3) is 2.60. The summed E-state index contributed by atoms with van der Waals surface area (Å²) in [6, 6.07) is 12.3. The summed E-state index contributed by atoms with van der Waals surface area (Å²) in [7, 11) is 0. The molecule has 0 aliphatic heterocycles. The van der Waals surface area contributed by atoms with E-state index in [0.717, 1.165) is 34.1 Å². The van der Waals surface area contributed by atoms with Gasteiger partial charge in [-0.3, -0.25) is 4.79 Å². The van der Waals surface area contributed by atoms with Crippen molar-refractivity contribution in [3.63, 3.8) is 0 Å². The summed E-state index contributed by atoms with van der Waals surface area (Å²) in [4.78, 5) is 12.5. The highest BCUT2D eigenvalue weighted by Crippen LogP contribution is 2.09. The molecule has 2 bridgehead atoms. The molecule has 0 unspecified atom stereocenters. The molecule has 2 aromatic carbocycles. The summed E-state index contributed by atoms with van der Waals surface area (Å²) in [6.45, 7) is 0. The summed E-state index contributed by atoms with van der Waals surface area (Å²) in [5.74, 6) is 0. The van der Waals surface area contributed by atoms with Crippen LogP contribution in [0.4, 0.5) is 0 Å². The van der Waals surface area contributed by atoms with Crippen molar-refractivity contribution in [1.29, 1.82) is 0 Å².